The molecule has 34 heavy (non-hydrogen) atoms. The number of primary amides is 1. The third kappa shape index (κ3) is 2.77. The number of fused-ring (bicyclic) bond motifs is 3. The number of phenolic OH excluding ortho intramolecular Hbond substituents is 1. The maximum atomic E-state index is 13.7. The van der Waals surface area contributed by atoms with Crippen LogP contribution in [0.25, 0.3) is 5.76 Å². The lowest BCUT2D eigenvalue weighted by atomic mass is 9.57. The van der Waals surface area contributed by atoms with Gasteiger partial charge in [0.05, 0.1) is 17.3 Å². The normalized spacial score (nSPS) is 28.4. The molecule has 13 heteroatoms. The van der Waals surface area contributed by atoms with Crippen molar-refractivity contribution in [2.45, 2.75) is 24.5 Å². The molecule has 8 N–H and O–H groups in total. The smallest absolute Gasteiger partial charge is 0.255 e. The quantitative estimate of drug-likeness (QED) is 0.249. The molecule has 0 aliphatic heterocycles. The van der Waals surface area contributed by atoms with Crippen LogP contribution in [0.5, 0.6) is 5.75 Å². The van der Waals surface area contributed by atoms with Gasteiger partial charge in [-0.3, -0.25) is 19.3 Å². The van der Waals surface area contributed by atoms with E-state index in [1.165, 1.54) is 25.1 Å². The number of hydrogen-bond donors (Lipinski definition) is 7. The van der Waals surface area contributed by atoms with Gasteiger partial charge in [-0.1, -0.05) is 0 Å². The Morgan fingerprint density at radius 1 is 1.18 bits per heavy atom. The Kier molecular flexibility index (Phi) is 5.14. The highest BCUT2D eigenvalue weighted by atomic mass is 16.3. The molecule has 1 saturated carbocycles. The highest BCUT2D eigenvalue weighted by molar-refractivity contribution is 6.24. The van der Waals surface area contributed by atoms with Gasteiger partial charge < -0.3 is 26.2 Å². The first-order valence-electron chi connectivity index (χ1n) is 10.2. The molecular weight excluding hydrogens is 448 g/mol. The van der Waals surface area contributed by atoms with E-state index in [1.807, 2.05) is 0 Å². The molecule has 13 nitrogen and oxygen atoms in total. The Morgan fingerprint density at radius 3 is 2.32 bits per heavy atom. The summed E-state index contributed by atoms with van der Waals surface area (Å²) in [5.41, 5.74) is 15.7. The van der Waals surface area contributed by atoms with Crippen LogP contribution in [-0.2, 0) is 20.8 Å². The van der Waals surface area contributed by atoms with Gasteiger partial charge in [0.1, 0.15) is 22.8 Å². The number of phenols is 1. The van der Waals surface area contributed by atoms with E-state index in [1.54, 1.807) is 0 Å². The van der Waals surface area contributed by atoms with Crippen molar-refractivity contribution in [3.63, 3.8) is 0 Å². The average Bonchev–Trinajstić information content (AvgIpc) is 2.76. The first-order chi connectivity index (χ1) is 15.9. The van der Waals surface area contributed by atoms with Crippen LogP contribution in [0, 0.1) is 22.9 Å². The number of ketones is 2. The van der Waals surface area contributed by atoms with Crippen molar-refractivity contribution in [1.29, 1.82) is 11.1 Å². The van der Waals surface area contributed by atoms with E-state index in [0.717, 1.165) is 0 Å². The van der Waals surface area contributed by atoms with Crippen molar-refractivity contribution in [3.05, 3.63) is 34.1 Å². The fourth-order valence-electron chi connectivity index (χ4n) is 5.46. The minimum Gasteiger partial charge on any atom is -0.508 e. The van der Waals surface area contributed by atoms with Crippen LogP contribution >= 0.6 is 0 Å². The van der Waals surface area contributed by atoms with Crippen LogP contribution in [0.15, 0.2) is 33.2 Å². The van der Waals surface area contributed by atoms with Crippen molar-refractivity contribution in [2.24, 2.45) is 27.8 Å². The number of nitrogens with one attached hydrogen (secondary N) is 2. The molecule has 3 aliphatic rings. The average molecular weight is 470 g/mol. The fraction of sp³-hybridized carbons (Fsp3) is 0.381. The standard InChI is InChI=1S/C21H22N6O7/c1-27(2)14-8-4-6-3-7-9(25-23)5-10(26-24)15(28)12(7)16(29)11(6)18(31)21(8,34)19(32)13(17(14)30)20(22)33/h5-6,8,14,23-24,28-29,32,34H,3-4H2,1-2H3,(H2,22,33)/t6?,8?,14-,21-/m0/s1. The molecule has 0 aromatic heterocycles. The van der Waals surface area contributed by atoms with Crippen LogP contribution in [-0.4, -0.2) is 68.5 Å². The first kappa shape index (κ1) is 23.2. The fourth-order valence-corrected chi connectivity index (χ4v) is 5.46. The second-order valence-corrected chi connectivity index (χ2v) is 8.80. The number of aromatic hydroxyl groups is 1. The summed E-state index contributed by atoms with van der Waals surface area (Å²) in [5.74, 6) is -7.81. The number of rotatable bonds is 4. The zero-order chi connectivity index (χ0) is 25.3. The molecule has 3 aliphatic carbocycles. The zero-order valence-electron chi connectivity index (χ0n) is 18.2. The molecule has 2 unspecified atom stereocenters. The highest BCUT2D eigenvalue weighted by Gasteiger charge is 2.64. The van der Waals surface area contributed by atoms with E-state index >= 15 is 0 Å². The first-order valence-corrected chi connectivity index (χ1v) is 10.2. The number of carbonyl (C=O) groups excluding carboxylic acids is 3. The van der Waals surface area contributed by atoms with E-state index in [0.29, 0.717) is 0 Å². The Labute approximate surface area is 192 Å². The maximum absolute atomic E-state index is 13.7. The van der Waals surface area contributed by atoms with Crippen molar-refractivity contribution in [1.82, 2.24) is 4.90 Å². The molecule has 0 heterocycles. The third-order valence-electron chi connectivity index (χ3n) is 6.92. The van der Waals surface area contributed by atoms with Crippen molar-refractivity contribution < 1.29 is 34.8 Å². The third-order valence-corrected chi connectivity index (χ3v) is 6.92. The van der Waals surface area contributed by atoms with Gasteiger partial charge in [0, 0.05) is 11.5 Å². The van der Waals surface area contributed by atoms with E-state index in [4.69, 9.17) is 16.8 Å². The second kappa shape index (κ2) is 7.53. The monoisotopic (exact) mass is 470 g/mol. The molecule has 0 saturated heterocycles. The Morgan fingerprint density at radius 2 is 1.79 bits per heavy atom. The second-order valence-electron chi connectivity index (χ2n) is 8.80. The maximum Gasteiger partial charge on any atom is 0.255 e. The van der Waals surface area contributed by atoms with Crippen molar-refractivity contribution >= 4 is 34.6 Å². The number of Topliss-reactive ketones (excluding diaryl/α,β-unsaturated/α-hetero) is 2. The Balaban J connectivity index is 2.02. The number of carbonyl (C=O) groups is 3. The molecule has 0 bridgehead atoms. The molecule has 4 rings (SSSR count). The predicted octanol–water partition coefficient (Wildman–Crippen LogP) is 1.29. The lowest BCUT2D eigenvalue weighted by molar-refractivity contribution is -0.153. The number of aliphatic hydroxyl groups excluding tert-OH is 2. The van der Waals surface area contributed by atoms with Crippen LogP contribution in [0.3, 0.4) is 0 Å². The summed E-state index contributed by atoms with van der Waals surface area (Å²) < 4.78 is 0. The molecule has 178 valence electrons. The molecule has 1 aromatic carbocycles. The number of hydrogen-bond acceptors (Lipinski definition) is 12. The van der Waals surface area contributed by atoms with Gasteiger partial charge in [0.15, 0.2) is 17.1 Å². The zero-order valence-corrected chi connectivity index (χ0v) is 18.2. The Hall–Kier alpha value is -3.97. The van der Waals surface area contributed by atoms with Gasteiger partial charge in [0.25, 0.3) is 5.91 Å². The molecule has 1 fully saturated rings. The molecule has 4 atom stereocenters. The lowest BCUT2D eigenvalue weighted by Gasteiger charge is -2.50. The van der Waals surface area contributed by atoms with Crippen molar-refractivity contribution in [3.8, 4) is 5.75 Å². The van der Waals surface area contributed by atoms with Crippen LogP contribution in [0.2, 0.25) is 0 Å². The van der Waals surface area contributed by atoms with Crippen LogP contribution < -0.4 is 5.73 Å². The minimum atomic E-state index is -2.74. The summed E-state index contributed by atoms with van der Waals surface area (Å²) in [7, 11) is 3.02. The topological polar surface area (TPSA) is 234 Å². The summed E-state index contributed by atoms with van der Waals surface area (Å²) >= 11 is 0. The van der Waals surface area contributed by atoms with Gasteiger partial charge in [-0.05, 0) is 44.5 Å². The SMILES string of the molecule is CN(C)[C@@H]1C(=O)C(C(N)=O)=C(O)[C@@]2(O)C(=O)C3=C(O)c4c(O)c(N=N)cc(N=N)c4CC3CC12. The largest absolute Gasteiger partial charge is 0.508 e. The molecular formula is C21H22N6O7. The van der Waals surface area contributed by atoms with E-state index < -0.39 is 63.8 Å². The van der Waals surface area contributed by atoms with Crippen molar-refractivity contribution in [2.75, 3.05) is 14.1 Å². The highest BCUT2D eigenvalue weighted by Crippen LogP contribution is 2.54. The van der Waals surface area contributed by atoms with Gasteiger partial charge in [-0.15, -0.1) is 0 Å². The number of aliphatic hydroxyl groups is 3. The number of benzene rings is 1. The van der Waals surface area contributed by atoms with Gasteiger partial charge in [-0.2, -0.15) is 10.2 Å². The molecule has 1 amide bonds. The van der Waals surface area contributed by atoms with Gasteiger partial charge in [0.2, 0.25) is 5.78 Å². The predicted molar refractivity (Wildman–Crippen MR) is 114 cm³/mol. The number of likely N-dealkylation sites (N-methyl/N-ethyl adjacent to an activating group) is 1. The molecule has 0 radical (unpaired) electrons. The summed E-state index contributed by atoms with van der Waals surface area (Å²) in [5, 5.41) is 50.4. The lowest BCUT2D eigenvalue weighted by Crippen LogP contribution is -2.65. The Bertz CT molecular complexity index is 1270. The summed E-state index contributed by atoms with van der Waals surface area (Å²) in [6.45, 7) is 0. The van der Waals surface area contributed by atoms with Gasteiger partial charge >= 0.3 is 0 Å². The number of amides is 1. The van der Waals surface area contributed by atoms with Crippen LogP contribution in [0.4, 0.5) is 11.4 Å². The summed E-state index contributed by atoms with van der Waals surface area (Å²) in [4.78, 5) is 40.0. The van der Waals surface area contributed by atoms with Gasteiger partial charge in [-0.25, -0.2) is 11.1 Å². The van der Waals surface area contributed by atoms with E-state index in [2.05, 4.69) is 10.2 Å². The number of nitrogens with zero attached hydrogens (tertiary/aromatic N) is 3. The number of nitrogens with two attached hydrogens (primary N) is 1. The molecule has 1 aromatic rings. The van der Waals surface area contributed by atoms with E-state index in [-0.39, 0.29) is 40.9 Å². The van der Waals surface area contributed by atoms with Crippen LogP contribution in [0.1, 0.15) is 17.5 Å². The summed E-state index contributed by atoms with van der Waals surface area (Å²) in [6, 6.07) is 0.00381. The minimum absolute atomic E-state index is 0.00189. The molecule has 0 spiro atoms. The van der Waals surface area contributed by atoms with E-state index in [9.17, 15) is 34.8 Å². The summed E-state index contributed by atoms with van der Waals surface area (Å²) in [6.07, 6.45) is -0.0768.